The molecule has 0 bridgehead atoms. The van der Waals surface area contributed by atoms with Gasteiger partial charge >= 0.3 is 6.18 Å². The van der Waals surface area contributed by atoms with Crippen LogP contribution in [0.15, 0.2) is 42.5 Å². The van der Waals surface area contributed by atoms with Crippen LogP contribution in [0.5, 0.6) is 11.5 Å². The molecule has 2 aromatic carbocycles. The molecule has 0 aliphatic carbocycles. The average Bonchev–Trinajstić information content (AvgIpc) is 2.40. The van der Waals surface area contributed by atoms with Crippen molar-refractivity contribution in [2.75, 3.05) is 0 Å². The van der Waals surface area contributed by atoms with E-state index in [0.29, 0.717) is 16.3 Å². The van der Waals surface area contributed by atoms with Crippen LogP contribution < -0.4 is 10.5 Å². The normalized spacial score (nSPS) is 11.2. The van der Waals surface area contributed by atoms with Crippen LogP contribution in [0, 0.1) is 0 Å². The molecular weight excluding hydrogens is 323 g/mol. The van der Waals surface area contributed by atoms with Gasteiger partial charge in [0.05, 0.1) is 11.1 Å². The Hall–Kier alpha value is -1.79. The third-order valence-corrected chi connectivity index (χ3v) is 3.07. The van der Waals surface area contributed by atoms with E-state index in [1.807, 2.05) is 0 Å². The predicted octanol–water partition coefficient (Wildman–Crippen LogP) is 4.79. The van der Waals surface area contributed by atoms with Crippen LogP contribution >= 0.6 is 23.8 Å². The van der Waals surface area contributed by atoms with Gasteiger partial charge in [0.2, 0.25) is 0 Å². The number of hydrogen-bond donors (Lipinski definition) is 1. The van der Waals surface area contributed by atoms with Crippen molar-refractivity contribution >= 4 is 28.8 Å². The molecular formula is C14H9ClF3NOS. The van der Waals surface area contributed by atoms with E-state index in [1.54, 1.807) is 12.1 Å². The minimum Gasteiger partial charge on any atom is -0.457 e. The number of benzene rings is 2. The van der Waals surface area contributed by atoms with E-state index < -0.39 is 11.7 Å². The molecule has 0 aliphatic rings. The topological polar surface area (TPSA) is 35.2 Å². The summed E-state index contributed by atoms with van der Waals surface area (Å²) in [5.74, 6) is 0.564. The maximum atomic E-state index is 12.5. The fourth-order valence-electron chi connectivity index (χ4n) is 1.62. The molecule has 7 heteroatoms. The molecule has 2 N–H and O–H groups in total. The van der Waals surface area contributed by atoms with Crippen LogP contribution in [0.3, 0.4) is 0 Å². The summed E-state index contributed by atoms with van der Waals surface area (Å²) >= 11 is 10.7. The van der Waals surface area contributed by atoms with Crippen LogP contribution in [0.1, 0.15) is 11.1 Å². The van der Waals surface area contributed by atoms with E-state index in [2.05, 4.69) is 0 Å². The molecule has 0 radical (unpaired) electrons. The zero-order chi connectivity index (χ0) is 15.6. The molecule has 0 amide bonds. The first-order valence-corrected chi connectivity index (χ1v) is 6.50. The lowest BCUT2D eigenvalue weighted by atomic mass is 10.2. The molecule has 0 aliphatic heterocycles. The van der Waals surface area contributed by atoms with Gasteiger partial charge in [-0.1, -0.05) is 23.8 Å². The second-order valence-corrected chi connectivity index (χ2v) is 5.01. The molecule has 0 unspecified atom stereocenters. The first kappa shape index (κ1) is 15.6. The van der Waals surface area contributed by atoms with Crippen LogP contribution in [0.25, 0.3) is 0 Å². The van der Waals surface area contributed by atoms with Crippen LogP contribution in [0.2, 0.25) is 5.02 Å². The van der Waals surface area contributed by atoms with Crippen molar-refractivity contribution < 1.29 is 17.9 Å². The lowest BCUT2D eigenvalue weighted by Crippen LogP contribution is -2.10. The summed E-state index contributed by atoms with van der Waals surface area (Å²) in [6.45, 7) is 0. The second kappa shape index (κ2) is 5.91. The van der Waals surface area contributed by atoms with E-state index in [1.165, 1.54) is 18.2 Å². The molecule has 0 saturated heterocycles. The van der Waals surface area contributed by atoms with Crippen molar-refractivity contribution in [3.05, 3.63) is 58.6 Å². The molecule has 2 nitrogen and oxygen atoms in total. The van der Waals surface area contributed by atoms with Crippen molar-refractivity contribution in [3.8, 4) is 11.5 Å². The molecule has 0 spiro atoms. The Morgan fingerprint density at radius 1 is 1.10 bits per heavy atom. The predicted molar refractivity (Wildman–Crippen MR) is 78.9 cm³/mol. The highest BCUT2D eigenvalue weighted by Crippen LogP contribution is 2.32. The molecule has 110 valence electrons. The Bertz CT molecular complexity index is 671. The van der Waals surface area contributed by atoms with Crippen molar-refractivity contribution in [2.45, 2.75) is 6.18 Å². The molecule has 0 fully saturated rings. The molecule has 0 saturated carbocycles. The first-order chi connectivity index (χ1) is 9.77. The Labute approximate surface area is 129 Å². The number of alkyl halides is 3. The monoisotopic (exact) mass is 331 g/mol. The highest BCUT2D eigenvalue weighted by Gasteiger charge is 2.30. The molecule has 0 heterocycles. The van der Waals surface area contributed by atoms with Gasteiger partial charge < -0.3 is 10.5 Å². The zero-order valence-corrected chi connectivity index (χ0v) is 12.0. The van der Waals surface area contributed by atoms with Crippen LogP contribution in [-0.2, 0) is 6.18 Å². The summed E-state index contributed by atoms with van der Waals surface area (Å²) in [6, 6.07) is 8.97. The third-order valence-electron chi connectivity index (χ3n) is 2.62. The Balaban J connectivity index is 2.28. The van der Waals surface area contributed by atoms with Crippen molar-refractivity contribution in [1.82, 2.24) is 0 Å². The highest BCUT2D eigenvalue weighted by molar-refractivity contribution is 7.80. The minimum absolute atomic E-state index is 0.0828. The van der Waals surface area contributed by atoms with Gasteiger partial charge in [0, 0.05) is 5.02 Å². The summed E-state index contributed by atoms with van der Waals surface area (Å²) in [7, 11) is 0. The molecule has 2 aromatic rings. The van der Waals surface area contributed by atoms with Gasteiger partial charge in [0.25, 0.3) is 0 Å². The largest absolute Gasteiger partial charge is 0.457 e. The molecule has 2 rings (SSSR count). The van der Waals surface area contributed by atoms with Gasteiger partial charge in [-0.05, 0) is 42.5 Å². The highest BCUT2D eigenvalue weighted by atomic mass is 35.5. The van der Waals surface area contributed by atoms with Gasteiger partial charge in [-0.2, -0.15) is 13.2 Å². The summed E-state index contributed by atoms with van der Waals surface area (Å²) < 4.78 is 42.9. The van der Waals surface area contributed by atoms with Crippen molar-refractivity contribution in [2.24, 2.45) is 5.73 Å². The lowest BCUT2D eigenvalue weighted by Gasteiger charge is -2.12. The van der Waals surface area contributed by atoms with E-state index >= 15 is 0 Å². The summed E-state index contributed by atoms with van der Waals surface area (Å²) in [4.78, 5) is 0.0828. The SMILES string of the molecule is NC(=S)c1cc(Cl)ccc1Oc1ccc(C(F)(F)F)cc1. The summed E-state index contributed by atoms with van der Waals surface area (Å²) in [5.41, 5.74) is 5.23. The van der Waals surface area contributed by atoms with E-state index in [-0.39, 0.29) is 10.7 Å². The number of nitrogens with two attached hydrogens (primary N) is 1. The van der Waals surface area contributed by atoms with Crippen LogP contribution in [0.4, 0.5) is 13.2 Å². The Morgan fingerprint density at radius 2 is 1.71 bits per heavy atom. The van der Waals surface area contributed by atoms with Gasteiger partial charge in [0.1, 0.15) is 16.5 Å². The van der Waals surface area contributed by atoms with Crippen LogP contribution in [-0.4, -0.2) is 4.99 Å². The standard InChI is InChI=1S/C14H9ClF3NOS/c15-9-3-6-12(11(7-9)13(19)21)20-10-4-1-8(2-5-10)14(16,17)18/h1-7H,(H2,19,21). The van der Waals surface area contributed by atoms with Crippen molar-refractivity contribution in [3.63, 3.8) is 0 Å². The number of thiocarbonyl (C=S) groups is 1. The second-order valence-electron chi connectivity index (χ2n) is 4.13. The zero-order valence-electron chi connectivity index (χ0n) is 10.4. The molecule has 0 aromatic heterocycles. The minimum atomic E-state index is -4.39. The average molecular weight is 332 g/mol. The lowest BCUT2D eigenvalue weighted by molar-refractivity contribution is -0.137. The Morgan fingerprint density at radius 3 is 2.24 bits per heavy atom. The maximum absolute atomic E-state index is 12.5. The number of rotatable bonds is 3. The fourth-order valence-corrected chi connectivity index (χ4v) is 1.95. The molecule has 21 heavy (non-hydrogen) atoms. The fraction of sp³-hybridized carbons (Fsp3) is 0.0714. The van der Waals surface area contributed by atoms with Gasteiger partial charge in [-0.3, -0.25) is 0 Å². The quantitative estimate of drug-likeness (QED) is 0.822. The van der Waals surface area contributed by atoms with Crippen molar-refractivity contribution in [1.29, 1.82) is 0 Å². The Kier molecular flexibility index (Phi) is 4.39. The molecule has 0 atom stereocenters. The number of halogens is 4. The number of ether oxygens (including phenoxy) is 1. The van der Waals surface area contributed by atoms with Gasteiger partial charge in [-0.25, -0.2) is 0 Å². The van der Waals surface area contributed by atoms with Gasteiger partial charge in [-0.15, -0.1) is 0 Å². The van der Waals surface area contributed by atoms with Gasteiger partial charge in [0.15, 0.2) is 0 Å². The van der Waals surface area contributed by atoms with E-state index in [9.17, 15) is 13.2 Å². The third kappa shape index (κ3) is 3.86. The number of hydrogen-bond acceptors (Lipinski definition) is 2. The van der Waals surface area contributed by atoms with E-state index in [0.717, 1.165) is 12.1 Å². The van der Waals surface area contributed by atoms with E-state index in [4.69, 9.17) is 34.3 Å². The summed E-state index contributed by atoms with van der Waals surface area (Å²) in [6.07, 6.45) is -4.39. The smallest absolute Gasteiger partial charge is 0.416 e. The first-order valence-electron chi connectivity index (χ1n) is 5.72. The maximum Gasteiger partial charge on any atom is 0.416 e. The summed E-state index contributed by atoms with van der Waals surface area (Å²) in [5, 5.41) is 0.428.